The summed E-state index contributed by atoms with van der Waals surface area (Å²) in [6.07, 6.45) is 0. The van der Waals surface area contributed by atoms with Crippen molar-refractivity contribution in [3.8, 4) is 5.75 Å². The van der Waals surface area contributed by atoms with E-state index in [1.54, 1.807) is 18.2 Å². The number of rotatable bonds is 5. The van der Waals surface area contributed by atoms with Gasteiger partial charge in [0.1, 0.15) is 5.75 Å². The average Bonchev–Trinajstić information content (AvgIpc) is 2.36. The van der Waals surface area contributed by atoms with Crippen LogP contribution in [0.2, 0.25) is 0 Å². The molecule has 0 aliphatic rings. The van der Waals surface area contributed by atoms with Gasteiger partial charge in [-0.3, -0.25) is 14.1 Å². The van der Waals surface area contributed by atoms with E-state index in [0.29, 0.717) is 0 Å². The van der Waals surface area contributed by atoms with Crippen LogP contribution in [0.25, 0.3) is 0 Å². The molecule has 5 N–H and O–H groups in total. The van der Waals surface area contributed by atoms with Crippen LogP contribution in [0.5, 0.6) is 5.75 Å². The first-order valence-electron chi connectivity index (χ1n) is 5.42. The van der Waals surface area contributed by atoms with Gasteiger partial charge < -0.3 is 16.2 Å². The predicted molar refractivity (Wildman–Crippen MR) is 71.7 cm³/mol. The van der Waals surface area contributed by atoms with Crippen LogP contribution < -0.4 is 16.2 Å². The van der Waals surface area contributed by atoms with Crippen molar-refractivity contribution in [1.29, 1.82) is 0 Å². The molecular formula is C11H16N2O6S. The Labute approximate surface area is 116 Å². The van der Waals surface area contributed by atoms with Crippen molar-refractivity contribution in [3.05, 3.63) is 29.8 Å². The van der Waals surface area contributed by atoms with Crippen LogP contribution in [0.15, 0.2) is 24.3 Å². The lowest BCUT2D eigenvalue weighted by Gasteiger charge is -2.06. The summed E-state index contributed by atoms with van der Waals surface area (Å²) in [6, 6.07) is 6.38. The van der Waals surface area contributed by atoms with Crippen LogP contribution in [-0.2, 0) is 14.9 Å². The summed E-state index contributed by atoms with van der Waals surface area (Å²) in [6.45, 7) is 1.10. The fraction of sp³-hybridized carbons (Fsp3) is 0.273. The first-order valence-corrected chi connectivity index (χ1v) is 7.03. The molecule has 0 aromatic heterocycles. The maximum absolute atomic E-state index is 10.9. The maximum Gasteiger partial charge on any atom is 0.264 e. The van der Waals surface area contributed by atoms with Gasteiger partial charge in [0.25, 0.3) is 21.9 Å². The van der Waals surface area contributed by atoms with Crippen molar-refractivity contribution in [2.24, 2.45) is 11.5 Å². The monoisotopic (exact) mass is 304 g/mol. The van der Waals surface area contributed by atoms with Crippen LogP contribution in [0.3, 0.4) is 0 Å². The number of carbonyl (C=O) groups is 2. The highest BCUT2D eigenvalue weighted by atomic mass is 32.2. The number of hydrogen-bond donors (Lipinski definition) is 3. The van der Waals surface area contributed by atoms with Gasteiger partial charge in [-0.15, -0.1) is 0 Å². The van der Waals surface area contributed by atoms with Gasteiger partial charge in [-0.05, 0) is 19.1 Å². The van der Waals surface area contributed by atoms with Gasteiger partial charge >= 0.3 is 0 Å². The van der Waals surface area contributed by atoms with Crippen molar-refractivity contribution in [2.75, 3.05) is 12.4 Å². The van der Waals surface area contributed by atoms with Crippen LogP contribution in [-0.4, -0.2) is 37.1 Å². The molecule has 0 spiro atoms. The number of ether oxygens (including phenoxy) is 1. The van der Waals surface area contributed by atoms with E-state index < -0.39 is 21.9 Å². The normalized spacial score (nSPS) is 10.1. The number of para-hydroxylation sites is 1. The Hall–Kier alpha value is -2.13. The van der Waals surface area contributed by atoms with E-state index in [-0.39, 0.29) is 23.7 Å². The first kappa shape index (κ1) is 17.9. The largest absolute Gasteiger partial charge is 0.483 e. The third-order valence-electron chi connectivity index (χ3n) is 1.89. The second-order valence-electron chi connectivity index (χ2n) is 3.49. The van der Waals surface area contributed by atoms with Gasteiger partial charge in [0.15, 0.2) is 6.61 Å². The van der Waals surface area contributed by atoms with Crippen molar-refractivity contribution in [3.63, 3.8) is 0 Å². The zero-order valence-corrected chi connectivity index (χ0v) is 11.6. The van der Waals surface area contributed by atoms with E-state index in [9.17, 15) is 18.0 Å². The number of nitrogens with two attached hydrogens (primary N) is 2. The van der Waals surface area contributed by atoms with E-state index in [4.69, 9.17) is 20.8 Å². The van der Waals surface area contributed by atoms with Crippen molar-refractivity contribution >= 4 is 21.9 Å². The SMILES string of the molecule is CCS(=O)(=O)O.NC(=O)COc1ccccc1C(N)=O. The van der Waals surface area contributed by atoms with Crippen LogP contribution in [0.1, 0.15) is 17.3 Å². The summed E-state index contributed by atoms with van der Waals surface area (Å²) in [5.41, 5.74) is 10.2. The maximum atomic E-state index is 10.9. The highest BCUT2D eigenvalue weighted by Gasteiger charge is 2.08. The topological polar surface area (TPSA) is 150 Å². The molecule has 8 nitrogen and oxygen atoms in total. The standard InChI is InChI=1S/C9H10N2O3.C2H6O3S/c10-8(12)5-14-7-4-2-1-3-6(7)9(11)13;1-2-6(3,4)5/h1-4H,5H2,(H2,10,12)(H2,11,13);2H2,1H3,(H,3,4,5). The Kier molecular flexibility index (Phi) is 7.26. The van der Waals surface area contributed by atoms with Gasteiger partial charge in [-0.25, -0.2) is 0 Å². The number of primary amides is 2. The van der Waals surface area contributed by atoms with Crippen molar-refractivity contribution in [1.82, 2.24) is 0 Å². The number of benzene rings is 1. The molecule has 0 unspecified atom stereocenters. The van der Waals surface area contributed by atoms with Gasteiger partial charge in [0, 0.05) is 0 Å². The Balaban J connectivity index is 0.000000511. The lowest BCUT2D eigenvalue weighted by atomic mass is 10.2. The Morgan fingerprint density at radius 2 is 1.75 bits per heavy atom. The molecule has 0 saturated heterocycles. The molecule has 1 aromatic carbocycles. The Morgan fingerprint density at radius 1 is 1.25 bits per heavy atom. The van der Waals surface area contributed by atoms with Crippen molar-refractivity contribution in [2.45, 2.75) is 6.92 Å². The van der Waals surface area contributed by atoms with Crippen LogP contribution in [0.4, 0.5) is 0 Å². The van der Waals surface area contributed by atoms with Gasteiger partial charge in [0.2, 0.25) is 0 Å². The number of amides is 2. The molecular weight excluding hydrogens is 288 g/mol. The average molecular weight is 304 g/mol. The molecule has 2 amide bonds. The minimum Gasteiger partial charge on any atom is -0.483 e. The second-order valence-corrected chi connectivity index (χ2v) is 5.23. The van der Waals surface area contributed by atoms with Gasteiger partial charge in [-0.1, -0.05) is 12.1 Å². The molecule has 20 heavy (non-hydrogen) atoms. The summed E-state index contributed by atoms with van der Waals surface area (Å²) in [7, 11) is -3.66. The summed E-state index contributed by atoms with van der Waals surface area (Å²) >= 11 is 0. The third kappa shape index (κ3) is 8.06. The highest BCUT2D eigenvalue weighted by Crippen LogP contribution is 2.16. The molecule has 0 aliphatic heterocycles. The molecule has 0 aliphatic carbocycles. The molecule has 1 aromatic rings. The molecule has 0 fully saturated rings. The fourth-order valence-corrected chi connectivity index (χ4v) is 0.945. The van der Waals surface area contributed by atoms with Crippen molar-refractivity contribution < 1.29 is 27.3 Å². The summed E-state index contributed by atoms with van der Waals surface area (Å²) < 4.78 is 31.9. The van der Waals surface area contributed by atoms with Crippen LogP contribution >= 0.6 is 0 Å². The molecule has 0 heterocycles. The van der Waals surface area contributed by atoms with E-state index in [2.05, 4.69) is 0 Å². The fourth-order valence-electron chi connectivity index (χ4n) is 0.945. The van der Waals surface area contributed by atoms with Crippen LogP contribution in [0, 0.1) is 0 Å². The second kappa shape index (κ2) is 8.12. The Bertz CT molecular complexity index is 570. The molecule has 9 heteroatoms. The molecule has 1 rings (SSSR count). The molecule has 0 atom stereocenters. The highest BCUT2D eigenvalue weighted by molar-refractivity contribution is 7.85. The van der Waals surface area contributed by atoms with E-state index in [0.717, 1.165) is 0 Å². The smallest absolute Gasteiger partial charge is 0.264 e. The minimum absolute atomic E-state index is 0.201. The number of hydrogen-bond acceptors (Lipinski definition) is 5. The quantitative estimate of drug-likeness (QED) is 0.626. The minimum atomic E-state index is -3.66. The lowest BCUT2D eigenvalue weighted by molar-refractivity contribution is -0.119. The summed E-state index contributed by atoms with van der Waals surface area (Å²) in [4.78, 5) is 21.3. The molecule has 0 bridgehead atoms. The predicted octanol–water partition coefficient (Wildman–Crippen LogP) is -0.456. The molecule has 0 radical (unpaired) electrons. The zero-order chi connectivity index (χ0) is 15.8. The number of carbonyl (C=O) groups excluding carboxylic acids is 2. The summed E-state index contributed by atoms with van der Waals surface area (Å²) in [5, 5.41) is 0. The summed E-state index contributed by atoms with van der Waals surface area (Å²) in [5.74, 6) is -1.15. The van der Waals surface area contributed by atoms with Gasteiger partial charge in [0.05, 0.1) is 11.3 Å². The first-order chi connectivity index (χ1) is 9.17. The third-order valence-corrected chi connectivity index (χ3v) is 2.62. The van der Waals surface area contributed by atoms with E-state index >= 15 is 0 Å². The van der Waals surface area contributed by atoms with Gasteiger partial charge in [-0.2, -0.15) is 8.42 Å². The Morgan fingerprint density at radius 3 is 2.15 bits per heavy atom. The molecule has 112 valence electrons. The zero-order valence-electron chi connectivity index (χ0n) is 10.8. The lowest BCUT2D eigenvalue weighted by Crippen LogP contribution is -2.21. The molecule has 0 saturated carbocycles. The van der Waals surface area contributed by atoms with E-state index in [1.165, 1.54) is 13.0 Å². The van der Waals surface area contributed by atoms with E-state index in [1.807, 2.05) is 0 Å².